The number of benzene rings is 2. The highest BCUT2D eigenvalue weighted by atomic mass is 32.2. The molecule has 5 heteroatoms. The van der Waals surface area contributed by atoms with Gasteiger partial charge in [-0.1, -0.05) is 18.2 Å². The van der Waals surface area contributed by atoms with Gasteiger partial charge in [-0.15, -0.1) is 0 Å². The van der Waals surface area contributed by atoms with E-state index < -0.39 is 10.0 Å². The van der Waals surface area contributed by atoms with Crippen molar-refractivity contribution in [2.45, 2.75) is 11.3 Å². The van der Waals surface area contributed by atoms with Gasteiger partial charge in [0.1, 0.15) is 0 Å². The number of hydrogen-bond donors (Lipinski definition) is 1. The molecule has 1 aliphatic rings. The van der Waals surface area contributed by atoms with Crippen molar-refractivity contribution in [2.24, 2.45) is 0 Å². The molecule has 1 N–H and O–H groups in total. The second-order valence-electron chi connectivity index (χ2n) is 4.80. The van der Waals surface area contributed by atoms with Crippen LogP contribution < -0.4 is 9.62 Å². The van der Waals surface area contributed by atoms with Crippen molar-refractivity contribution in [1.82, 2.24) is 0 Å². The van der Waals surface area contributed by atoms with E-state index in [1.54, 1.807) is 31.3 Å². The van der Waals surface area contributed by atoms with Crippen LogP contribution in [0.4, 0.5) is 11.4 Å². The van der Waals surface area contributed by atoms with E-state index in [0.29, 0.717) is 10.6 Å². The smallest absolute Gasteiger partial charge is 0.264 e. The van der Waals surface area contributed by atoms with Gasteiger partial charge >= 0.3 is 0 Å². The van der Waals surface area contributed by atoms with Crippen LogP contribution in [0, 0.1) is 0 Å². The quantitative estimate of drug-likeness (QED) is 0.944. The molecule has 4 nitrogen and oxygen atoms in total. The van der Waals surface area contributed by atoms with E-state index in [0.717, 1.165) is 24.2 Å². The van der Waals surface area contributed by atoms with Crippen molar-refractivity contribution in [3.63, 3.8) is 0 Å². The fraction of sp³-hybridized carbons (Fsp3) is 0.200. The molecule has 0 unspecified atom stereocenters. The van der Waals surface area contributed by atoms with Crippen molar-refractivity contribution < 1.29 is 8.42 Å². The second kappa shape index (κ2) is 4.83. The molecule has 0 aliphatic carbocycles. The third kappa shape index (κ3) is 2.14. The predicted molar refractivity (Wildman–Crippen MR) is 80.7 cm³/mol. The van der Waals surface area contributed by atoms with Gasteiger partial charge in [-0.3, -0.25) is 4.31 Å². The molecule has 0 spiro atoms. The minimum atomic E-state index is -3.51. The van der Waals surface area contributed by atoms with Crippen molar-refractivity contribution in [1.29, 1.82) is 0 Å². The van der Waals surface area contributed by atoms with Gasteiger partial charge in [-0.2, -0.15) is 0 Å². The number of rotatable bonds is 3. The minimum Gasteiger partial charge on any atom is -0.384 e. The number of para-hydroxylation sites is 1. The van der Waals surface area contributed by atoms with Gasteiger partial charge < -0.3 is 5.32 Å². The number of anilines is 2. The normalized spacial score (nSPS) is 13.7. The van der Waals surface area contributed by atoms with Crippen LogP contribution in [0.5, 0.6) is 0 Å². The number of nitrogens with one attached hydrogen (secondary N) is 1. The first-order chi connectivity index (χ1) is 9.59. The molecule has 0 saturated carbocycles. The lowest BCUT2D eigenvalue weighted by molar-refractivity contribution is 0.594. The SMILES string of the molecule is CN(c1ccccc1)S(=O)(=O)c1ccc2c(c1)CCN2. The molecule has 0 bridgehead atoms. The average molecular weight is 288 g/mol. The number of sulfonamides is 1. The Morgan fingerprint density at radius 3 is 2.60 bits per heavy atom. The molecule has 3 rings (SSSR count). The van der Waals surface area contributed by atoms with Gasteiger partial charge in [-0.05, 0) is 42.3 Å². The fourth-order valence-electron chi connectivity index (χ4n) is 2.38. The van der Waals surface area contributed by atoms with E-state index in [1.165, 1.54) is 4.31 Å². The molecule has 1 heterocycles. The van der Waals surface area contributed by atoms with Crippen LogP contribution in [0.2, 0.25) is 0 Å². The summed E-state index contributed by atoms with van der Waals surface area (Å²) in [5.41, 5.74) is 2.75. The Labute approximate surface area is 119 Å². The Bertz CT molecular complexity index is 727. The number of nitrogens with zero attached hydrogens (tertiary/aromatic N) is 1. The van der Waals surface area contributed by atoms with Crippen LogP contribution in [-0.2, 0) is 16.4 Å². The van der Waals surface area contributed by atoms with E-state index in [-0.39, 0.29) is 0 Å². The minimum absolute atomic E-state index is 0.339. The topological polar surface area (TPSA) is 49.4 Å². The summed E-state index contributed by atoms with van der Waals surface area (Å²) < 4.78 is 26.6. The lowest BCUT2D eigenvalue weighted by Crippen LogP contribution is -2.26. The molecule has 2 aromatic carbocycles. The molecule has 0 saturated heterocycles. The summed E-state index contributed by atoms with van der Waals surface area (Å²) in [5.74, 6) is 0. The fourth-order valence-corrected chi connectivity index (χ4v) is 3.62. The van der Waals surface area contributed by atoms with E-state index in [4.69, 9.17) is 0 Å². The van der Waals surface area contributed by atoms with Gasteiger partial charge in [0.25, 0.3) is 10.0 Å². The van der Waals surface area contributed by atoms with Crippen LogP contribution in [0.15, 0.2) is 53.4 Å². The van der Waals surface area contributed by atoms with Crippen LogP contribution in [0.3, 0.4) is 0 Å². The van der Waals surface area contributed by atoms with Crippen molar-refractivity contribution in [3.8, 4) is 0 Å². The lowest BCUT2D eigenvalue weighted by Gasteiger charge is -2.19. The highest BCUT2D eigenvalue weighted by molar-refractivity contribution is 7.92. The van der Waals surface area contributed by atoms with E-state index in [1.807, 2.05) is 24.3 Å². The summed E-state index contributed by atoms with van der Waals surface area (Å²) in [5, 5.41) is 3.23. The summed E-state index contributed by atoms with van der Waals surface area (Å²) in [7, 11) is -1.93. The summed E-state index contributed by atoms with van der Waals surface area (Å²) >= 11 is 0. The number of hydrogen-bond acceptors (Lipinski definition) is 3. The molecule has 20 heavy (non-hydrogen) atoms. The molecule has 1 aliphatic heterocycles. The van der Waals surface area contributed by atoms with Gasteiger partial charge in [0.2, 0.25) is 0 Å². The Morgan fingerprint density at radius 2 is 1.85 bits per heavy atom. The molecule has 0 radical (unpaired) electrons. The summed E-state index contributed by atoms with van der Waals surface area (Å²) in [6, 6.07) is 14.4. The Morgan fingerprint density at radius 1 is 1.10 bits per heavy atom. The number of fused-ring (bicyclic) bond motifs is 1. The van der Waals surface area contributed by atoms with Gasteiger partial charge in [-0.25, -0.2) is 8.42 Å². The Kier molecular flexibility index (Phi) is 3.14. The second-order valence-corrected chi connectivity index (χ2v) is 6.77. The summed E-state index contributed by atoms with van der Waals surface area (Å²) in [6.07, 6.45) is 0.869. The van der Waals surface area contributed by atoms with Gasteiger partial charge in [0.15, 0.2) is 0 Å². The molecule has 0 atom stereocenters. The first-order valence-corrected chi connectivity index (χ1v) is 7.94. The van der Waals surface area contributed by atoms with Gasteiger partial charge in [0.05, 0.1) is 10.6 Å². The molecular weight excluding hydrogens is 272 g/mol. The molecule has 0 aromatic heterocycles. The Balaban J connectivity index is 2.00. The van der Waals surface area contributed by atoms with E-state index in [2.05, 4.69) is 5.32 Å². The third-order valence-electron chi connectivity index (χ3n) is 3.56. The van der Waals surface area contributed by atoms with Gasteiger partial charge in [0, 0.05) is 19.3 Å². The molecule has 104 valence electrons. The van der Waals surface area contributed by atoms with Crippen molar-refractivity contribution >= 4 is 21.4 Å². The summed E-state index contributed by atoms with van der Waals surface area (Å²) in [4.78, 5) is 0.339. The zero-order valence-electron chi connectivity index (χ0n) is 11.2. The van der Waals surface area contributed by atoms with E-state index in [9.17, 15) is 8.42 Å². The maximum Gasteiger partial charge on any atom is 0.264 e. The largest absolute Gasteiger partial charge is 0.384 e. The first kappa shape index (κ1) is 13.0. The Hall–Kier alpha value is -2.01. The van der Waals surface area contributed by atoms with Crippen molar-refractivity contribution in [3.05, 3.63) is 54.1 Å². The van der Waals surface area contributed by atoms with Crippen LogP contribution in [0.25, 0.3) is 0 Å². The lowest BCUT2D eigenvalue weighted by atomic mass is 10.2. The predicted octanol–water partition coefficient (Wildman–Crippen LogP) is 2.48. The van der Waals surface area contributed by atoms with E-state index >= 15 is 0 Å². The zero-order chi connectivity index (χ0) is 14.2. The highest BCUT2D eigenvalue weighted by Gasteiger charge is 2.23. The molecule has 2 aromatic rings. The van der Waals surface area contributed by atoms with Crippen LogP contribution in [-0.4, -0.2) is 22.0 Å². The highest BCUT2D eigenvalue weighted by Crippen LogP contribution is 2.28. The van der Waals surface area contributed by atoms with Crippen LogP contribution >= 0.6 is 0 Å². The van der Waals surface area contributed by atoms with Crippen LogP contribution in [0.1, 0.15) is 5.56 Å². The maximum absolute atomic E-state index is 12.6. The molecular formula is C15H16N2O2S. The molecule has 0 fully saturated rings. The zero-order valence-corrected chi connectivity index (χ0v) is 12.0. The first-order valence-electron chi connectivity index (χ1n) is 6.50. The monoisotopic (exact) mass is 288 g/mol. The standard InChI is InChI=1S/C15H16N2O2S/c1-17(13-5-3-2-4-6-13)20(18,19)14-7-8-15-12(11-14)9-10-16-15/h2-8,11,16H,9-10H2,1H3. The molecule has 0 amide bonds. The average Bonchev–Trinajstić information content (AvgIpc) is 2.94. The third-order valence-corrected chi connectivity index (χ3v) is 5.35. The van der Waals surface area contributed by atoms with Crippen molar-refractivity contribution in [2.75, 3.05) is 23.2 Å². The maximum atomic E-state index is 12.6. The summed E-state index contributed by atoms with van der Waals surface area (Å²) in [6.45, 7) is 0.868.